The van der Waals surface area contributed by atoms with Gasteiger partial charge in [-0.05, 0) is 37.3 Å². The Morgan fingerprint density at radius 3 is 2.63 bits per heavy atom. The summed E-state index contributed by atoms with van der Waals surface area (Å²) in [5.41, 5.74) is 1.82. The molecule has 3 rings (SSSR count). The van der Waals surface area contributed by atoms with Gasteiger partial charge in [0.1, 0.15) is 12.3 Å². The summed E-state index contributed by atoms with van der Waals surface area (Å²) in [7, 11) is 0. The Kier molecular flexibility index (Phi) is 6.47. The van der Waals surface area contributed by atoms with Crippen LogP contribution in [0.1, 0.15) is 5.56 Å². The number of hydrogen-bond donors (Lipinski definition) is 2. The first-order chi connectivity index (χ1) is 14.1. The van der Waals surface area contributed by atoms with E-state index in [9.17, 15) is 18.0 Å². The first-order valence-corrected chi connectivity index (χ1v) is 9.42. The van der Waals surface area contributed by atoms with Crippen LogP contribution in [0, 0.1) is 11.7 Å². The first-order valence-electron chi connectivity index (χ1n) is 8.63. The van der Waals surface area contributed by atoms with Crippen molar-refractivity contribution in [1.82, 2.24) is 14.8 Å². The lowest BCUT2D eigenvalue weighted by Crippen LogP contribution is -2.22. The second-order valence-corrected chi connectivity index (χ2v) is 7.22. The molecule has 30 heavy (non-hydrogen) atoms. The van der Waals surface area contributed by atoms with Crippen LogP contribution in [0.25, 0.3) is 11.4 Å². The molecule has 0 atom stereocenters. The molecule has 11 heteroatoms. The predicted molar refractivity (Wildman–Crippen MR) is 109 cm³/mol. The molecule has 3 aromatic rings. The molecule has 1 heterocycles. The third-order valence-corrected chi connectivity index (χ3v) is 4.52. The van der Waals surface area contributed by atoms with Gasteiger partial charge in [-0.25, -0.2) is 0 Å². The molecule has 2 N–H and O–H groups in total. The predicted octanol–water partition coefficient (Wildman–Crippen LogP) is 5.15. The van der Waals surface area contributed by atoms with Gasteiger partial charge in [-0.2, -0.15) is 18.3 Å². The van der Waals surface area contributed by atoms with E-state index in [4.69, 9.17) is 28.6 Å². The van der Waals surface area contributed by atoms with Gasteiger partial charge in [0.15, 0.2) is 17.2 Å². The van der Waals surface area contributed by atoms with Crippen molar-refractivity contribution in [3.63, 3.8) is 0 Å². The molecule has 0 aliphatic heterocycles. The van der Waals surface area contributed by atoms with Crippen LogP contribution in [0.3, 0.4) is 0 Å². The highest BCUT2D eigenvalue weighted by atomic mass is 35.5. The average Bonchev–Trinajstić information content (AvgIpc) is 3.01. The normalized spacial score (nSPS) is 11.4. The number of carbonyl (C=O) groups is 1. The number of aryl methyl sites for hydroxylation is 1. The molecule has 158 valence electrons. The van der Waals surface area contributed by atoms with E-state index in [-0.39, 0.29) is 27.8 Å². The third-order valence-electron chi connectivity index (χ3n) is 3.98. The Bertz CT molecular complexity index is 1110. The number of aromatic amines is 1. The molecule has 0 aliphatic carbocycles. The number of alkyl halides is 3. The number of hydrogen-bond acceptors (Lipinski definition) is 4. The quantitative estimate of drug-likeness (QED) is 0.503. The molecule has 0 saturated carbocycles. The van der Waals surface area contributed by atoms with Crippen molar-refractivity contribution in [3.05, 3.63) is 57.8 Å². The van der Waals surface area contributed by atoms with Crippen molar-refractivity contribution >= 4 is 35.4 Å². The number of anilines is 1. The van der Waals surface area contributed by atoms with Crippen molar-refractivity contribution in [2.24, 2.45) is 0 Å². The minimum atomic E-state index is -4.52. The zero-order valence-corrected chi connectivity index (χ0v) is 17.2. The summed E-state index contributed by atoms with van der Waals surface area (Å²) in [5.74, 6) is -0.241. The Labute approximate surface area is 179 Å². The van der Waals surface area contributed by atoms with Crippen LogP contribution in [0.15, 0.2) is 42.5 Å². The number of nitrogens with zero attached hydrogens (tertiary/aromatic N) is 2. The molecule has 0 fully saturated rings. The number of benzene rings is 2. The van der Waals surface area contributed by atoms with Crippen molar-refractivity contribution in [1.29, 1.82) is 0 Å². The van der Waals surface area contributed by atoms with Gasteiger partial charge in [-0.1, -0.05) is 41.4 Å². The molecule has 0 bridgehead atoms. The van der Waals surface area contributed by atoms with E-state index in [1.807, 2.05) is 31.2 Å². The fourth-order valence-corrected chi connectivity index (χ4v) is 2.97. The standard InChI is InChI=1S/C19H16ClF3N4O2S/c1-11-2-4-12(5-3-11)17-25-26-18(30)27(17)9-16(28)24-14-8-13(20)6-7-15(14)29-10-19(21,22)23/h2-8H,9-10H2,1H3,(H,24,28)(H,26,30). The van der Waals surface area contributed by atoms with Gasteiger partial charge in [-0.3, -0.25) is 14.5 Å². The number of amides is 1. The maximum absolute atomic E-state index is 12.6. The minimum Gasteiger partial charge on any atom is -0.482 e. The van der Waals surface area contributed by atoms with E-state index >= 15 is 0 Å². The summed E-state index contributed by atoms with van der Waals surface area (Å²) in [6.07, 6.45) is -4.52. The Hall–Kier alpha value is -2.85. The molecule has 0 spiro atoms. The Balaban J connectivity index is 1.80. The van der Waals surface area contributed by atoms with E-state index in [1.165, 1.54) is 22.8 Å². The molecular formula is C19H16ClF3N4O2S. The fraction of sp³-hybridized carbons (Fsp3) is 0.211. The highest BCUT2D eigenvalue weighted by Gasteiger charge is 2.29. The van der Waals surface area contributed by atoms with Crippen LogP contribution in [-0.4, -0.2) is 33.5 Å². The molecular weight excluding hydrogens is 441 g/mol. The third kappa shape index (κ3) is 5.61. The van der Waals surface area contributed by atoms with Gasteiger partial charge in [0.05, 0.1) is 5.69 Å². The van der Waals surface area contributed by atoms with Crippen molar-refractivity contribution in [2.45, 2.75) is 19.6 Å². The number of ether oxygens (including phenoxy) is 1. The molecule has 1 amide bonds. The van der Waals surface area contributed by atoms with Crippen LogP contribution >= 0.6 is 23.8 Å². The number of H-pyrrole nitrogens is 1. The minimum absolute atomic E-state index is 0.0173. The Morgan fingerprint density at radius 1 is 1.27 bits per heavy atom. The van der Waals surface area contributed by atoms with Crippen LogP contribution in [-0.2, 0) is 11.3 Å². The lowest BCUT2D eigenvalue weighted by atomic mass is 10.1. The zero-order chi connectivity index (χ0) is 21.9. The first kappa shape index (κ1) is 21.8. The number of rotatable bonds is 6. The van der Waals surface area contributed by atoms with Crippen LogP contribution < -0.4 is 10.1 Å². The number of aromatic nitrogens is 3. The number of carbonyl (C=O) groups excluding carboxylic acids is 1. The van der Waals surface area contributed by atoms with Gasteiger partial charge >= 0.3 is 6.18 Å². The van der Waals surface area contributed by atoms with E-state index in [0.717, 1.165) is 11.1 Å². The summed E-state index contributed by atoms with van der Waals surface area (Å²) in [6, 6.07) is 11.4. The van der Waals surface area contributed by atoms with Gasteiger partial charge in [0, 0.05) is 10.6 Å². The Morgan fingerprint density at radius 2 is 1.97 bits per heavy atom. The van der Waals surface area contributed by atoms with E-state index in [0.29, 0.717) is 5.82 Å². The summed E-state index contributed by atoms with van der Waals surface area (Å²) in [4.78, 5) is 12.6. The molecule has 1 aromatic heterocycles. The molecule has 0 aliphatic rings. The lowest BCUT2D eigenvalue weighted by Gasteiger charge is -2.15. The lowest BCUT2D eigenvalue weighted by molar-refractivity contribution is -0.153. The van der Waals surface area contributed by atoms with Gasteiger partial charge < -0.3 is 10.1 Å². The van der Waals surface area contributed by atoms with E-state index < -0.39 is 18.7 Å². The smallest absolute Gasteiger partial charge is 0.422 e. The van der Waals surface area contributed by atoms with Crippen molar-refractivity contribution < 1.29 is 22.7 Å². The van der Waals surface area contributed by atoms with E-state index in [1.54, 1.807) is 0 Å². The highest BCUT2D eigenvalue weighted by molar-refractivity contribution is 7.71. The topological polar surface area (TPSA) is 71.9 Å². The number of nitrogens with one attached hydrogen (secondary N) is 2. The van der Waals surface area contributed by atoms with Crippen molar-refractivity contribution in [2.75, 3.05) is 11.9 Å². The van der Waals surface area contributed by atoms with Gasteiger partial charge in [-0.15, -0.1) is 0 Å². The molecule has 6 nitrogen and oxygen atoms in total. The fourth-order valence-electron chi connectivity index (χ4n) is 2.61. The second kappa shape index (κ2) is 8.88. The van der Waals surface area contributed by atoms with E-state index in [2.05, 4.69) is 15.5 Å². The van der Waals surface area contributed by atoms with Crippen LogP contribution in [0.2, 0.25) is 5.02 Å². The number of halogens is 4. The monoisotopic (exact) mass is 456 g/mol. The van der Waals surface area contributed by atoms with Crippen LogP contribution in [0.5, 0.6) is 5.75 Å². The highest BCUT2D eigenvalue weighted by Crippen LogP contribution is 2.30. The largest absolute Gasteiger partial charge is 0.482 e. The zero-order valence-electron chi connectivity index (χ0n) is 15.6. The van der Waals surface area contributed by atoms with Crippen LogP contribution in [0.4, 0.5) is 18.9 Å². The summed E-state index contributed by atoms with van der Waals surface area (Å²) in [6.45, 7) is 0.226. The summed E-state index contributed by atoms with van der Waals surface area (Å²) in [5, 5.41) is 9.54. The SMILES string of the molecule is Cc1ccc(-c2n[nH]c(=S)n2CC(=O)Nc2cc(Cl)ccc2OCC(F)(F)F)cc1. The van der Waals surface area contributed by atoms with Gasteiger partial charge in [0.25, 0.3) is 0 Å². The molecule has 2 aromatic carbocycles. The molecule has 0 saturated heterocycles. The maximum atomic E-state index is 12.6. The molecule has 0 unspecified atom stereocenters. The second-order valence-electron chi connectivity index (χ2n) is 6.40. The maximum Gasteiger partial charge on any atom is 0.422 e. The summed E-state index contributed by atoms with van der Waals surface area (Å²) >= 11 is 11.1. The molecule has 0 radical (unpaired) electrons. The van der Waals surface area contributed by atoms with Gasteiger partial charge in [0.2, 0.25) is 5.91 Å². The van der Waals surface area contributed by atoms with Crippen molar-refractivity contribution in [3.8, 4) is 17.1 Å². The average molecular weight is 457 g/mol. The summed E-state index contributed by atoms with van der Waals surface area (Å²) < 4.78 is 43.9.